The molecule has 0 amide bonds. The van der Waals surface area contributed by atoms with E-state index in [4.69, 9.17) is 16.1 Å². The van der Waals surface area contributed by atoms with Crippen LogP contribution in [0.5, 0.6) is 0 Å². The summed E-state index contributed by atoms with van der Waals surface area (Å²) in [6.45, 7) is 0. The Kier molecular flexibility index (Phi) is 2.04. The highest BCUT2D eigenvalue weighted by molar-refractivity contribution is 9.10. The molecule has 68 valence electrons. The summed E-state index contributed by atoms with van der Waals surface area (Å²) in [6.07, 6.45) is 0. The molecule has 2 aromatic rings. The molecule has 0 N–H and O–H groups in total. The molecule has 2 rings (SSSR count). The number of aryl methyl sites for hydroxylation is 1. The SMILES string of the molecule is Cn1nnc(Br)c1-c1nc(Cl)no1. The largest absolute Gasteiger partial charge is 0.331 e. The van der Waals surface area contributed by atoms with Gasteiger partial charge in [-0.15, -0.1) is 5.10 Å². The minimum Gasteiger partial charge on any atom is -0.331 e. The summed E-state index contributed by atoms with van der Waals surface area (Å²) in [5, 5.41) is 11.0. The van der Waals surface area contributed by atoms with Gasteiger partial charge in [0.15, 0.2) is 10.3 Å². The van der Waals surface area contributed by atoms with Crippen molar-refractivity contribution >= 4 is 27.5 Å². The van der Waals surface area contributed by atoms with Crippen molar-refractivity contribution in [1.29, 1.82) is 0 Å². The summed E-state index contributed by atoms with van der Waals surface area (Å²) in [4.78, 5) is 3.83. The molecule has 0 spiro atoms. The standard InChI is InChI=1S/C5H3BrClN5O/c1-12-2(3(6)9-11-12)4-8-5(7)10-13-4/h1H3. The van der Waals surface area contributed by atoms with E-state index in [0.29, 0.717) is 10.3 Å². The van der Waals surface area contributed by atoms with Crippen LogP contribution in [-0.2, 0) is 7.05 Å². The van der Waals surface area contributed by atoms with Crippen molar-refractivity contribution in [2.75, 3.05) is 0 Å². The van der Waals surface area contributed by atoms with Gasteiger partial charge in [0.1, 0.15) is 0 Å². The second kappa shape index (κ2) is 3.08. The molecule has 2 heterocycles. The molecule has 6 nitrogen and oxygen atoms in total. The van der Waals surface area contributed by atoms with Crippen molar-refractivity contribution in [3.63, 3.8) is 0 Å². The molecule has 0 fully saturated rings. The molecule has 0 atom stereocenters. The average Bonchev–Trinajstić information content (AvgIpc) is 2.60. The number of nitrogens with zero attached hydrogens (tertiary/aromatic N) is 5. The van der Waals surface area contributed by atoms with Crippen LogP contribution in [0.4, 0.5) is 0 Å². The molecule has 0 saturated carbocycles. The van der Waals surface area contributed by atoms with Gasteiger partial charge < -0.3 is 4.52 Å². The van der Waals surface area contributed by atoms with E-state index in [0.717, 1.165) is 0 Å². The highest BCUT2D eigenvalue weighted by Gasteiger charge is 2.16. The van der Waals surface area contributed by atoms with Gasteiger partial charge in [-0.3, -0.25) is 0 Å². The van der Waals surface area contributed by atoms with E-state index in [1.165, 1.54) is 4.68 Å². The van der Waals surface area contributed by atoms with Crippen molar-refractivity contribution in [2.45, 2.75) is 0 Å². The second-order valence-electron chi connectivity index (χ2n) is 2.22. The average molecular weight is 264 g/mol. The fourth-order valence-electron chi connectivity index (χ4n) is 0.860. The fraction of sp³-hybridized carbons (Fsp3) is 0.200. The third-order valence-electron chi connectivity index (χ3n) is 1.39. The summed E-state index contributed by atoms with van der Waals surface area (Å²) < 4.78 is 6.89. The van der Waals surface area contributed by atoms with Gasteiger partial charge in [0.05, 0.1) is 0 Å². The van der Waals surface area contributed by atoms with Crippen LogP contribution >= 0.6 is 27.5 Å². The highest BCUT2D eigenvalue weighted by atomic mass is 79.9. The summed E-state index contributed by atoms with van der Waals surface area (Å²) in [6, 6.07) is 0. The Morgan fingerprint density at radius 1 is 1.54 bits per heavy atom. The van der Waals surface area contributed by atoms with Crippen molar-refractivity contribution < 1.29 is 4.52 Å². The zero-order valence-corrected chi connectivity index (χ0v) is 8.74. The van der Waals surface area contributed by atoms with Crippen LogP contribution < -0.4 is 0 Å². The molecular formula is C5H3BrClN5O. The van der Waals surface area contributed by atoms with E-state index < -0.39 is 0 Å². The van der Waals surface area contributed by atoms with Crippen LogP contribution in [0.3, 0.4) is 0 Å². The van der Waals surface area contributed by atoms with Crippen LogP contribution in [0.25, 0.3) is 11.6 Å². The summed E-state index contributed by atoms with van der Waals surface area (Å²) in [5.74, 6) is 0.282. The van der Waals surface area contributed by atoms with Crippen molar-refractivity contribution in [3.8, 4) is 11.6 Å². The first-order valence-corrected chi connectivity index (χ1v) is 4.40. The van der Waals surface area contributed by atoms with E-state index in [1.54, 1.807) is 7.05 Å². The number of hydrogen-bond acceptors (Lipinski definition) is 5. The molecular weight excluding hydrogens is 261 g/mol. The minimum absolute atomic E-state index is 0.0584. The Labute approximate surface area is 86.0 Å². The maximum atomic E-state index is 5.50. The molecule has 13 heavy (non-hydrogen) atoms. The van der Waals surface area contributed by atoms with Gasteiger partial charge >= 0.3 is 0 Å². The van der Waals surface area contributed by atoms with Gasteiger partial charge in [0, 0.05) is 7.05 Å². The van der Waals surface area contributed by atoms with E-state index >= 15 is 0 Å². The highest BCUT2D eigenvalue weighted by Crippen LogP contribution is 2.24. The van der Waals surface area contributed by atoms with E-state index in [1.807, 2.05) is 0 Å². The van der Waals surface area contributed by atoms with E-state index in [2.05, 4.69) is 36.4 Å². The molecule has 0 bridgehead atoms. The number of hydrogen-bond donors (Lipinski definition) is 0. The van der Waals surface area contributed by atoms with Crippen LogP contribution in [0.1, 0.15) is 0 Å². The molecule has 0 aromatic carbocycles. The molecule has 0 saturated heterocycles. The lowest BCUT2D eigenvalue weighted by Gasteiger charge is -1.91. The third-order valence-corrected chi connectivity index (χ3v) is 2.08. The zero-order valence-electron chi connectivity index (χ0n) is 6.40. The summed E-state index contributed by atoms with van der Waals surface area (Å²) in [5.41, 5.74) is 0.597. The number of rotatable bonds is 1. The Bertz CT molecular complexity index is 418. The van der Waals surface area contributed by atoms with Crippen molar-refractivity contribution in [1.82, 2.24) is 25.1 Å². The Hall–Kier alpha value is -0.950. The van der Waals surface area contributed by atoms with Gasteiger partial charge in [-0.1, -0.05) is 5.21 Å². The van der Waals surface area contributed by atoms with E-state index in [9.17, 15) is 0 Å². The molecule has 0 aliphatic rings. The third kappa shape index (κ3) is 1.44. The molecule has 8 heteroatoms. The predicted octanol–water partition coefficient (Wildman–Crippen LogP) is 1.28. The first-order valence-electron chi connectivity index (χ1n) is 3.23. The van der Waals surface area contributed by atoms with Crippen molar-refractivity contribution in [3.05, 3.63) is 9.89 Å². The van der Waals surface area contributed by atoms with Gasteiger partial charge in [-0.25, -0.2) is 4.68 Å². The van der Waals surface area contributed by atoms with Crippen LogP contribution in [0.2, 0.25) is 5.28 Å². The lowest BCUT2D eigenvalue weighted by Crippen LogP contribution is -1.93. The lowest BCUT2D eigenvalue weighted by atomic mass is 10.5. The molecule has 0 unspecified atom stereocenters. The first kappa shape index (κ1) is 8.64. The predicted molar refractivity (Wildman–Crippen MR) is 47.0 cm³/mol. The van der Waals surface area contributed by atoms with Crippen LogP contribution in [0, 0.1) is 0 Å². The molecule has 0 aliphatic heterocycles. The summed E-state index contributed by atoms with van der Waals surface area (Å²) >= 11 is 8.70. The normalized spacial score (nSPS) is 10.7. The van der Waals surface area contributed by atoms with Crippen molar-refractivity contribution in [2.24, 2.45) is 7.05 Å². The Morgan fingerprint density at radius 2 is 2.31 bits per heavy atom. The van der Waals surface area contributed by atoms with Crippen LogP contribution in [0.15, 0.2) is 9.13 Å². The number of aromatic nitrogens is 5. The van der Waals surface area contributed by atoms with Gasteiger partial charge in [-0.05, 0) is 32.7 Å². The molecule has 0 radical (unpaired) electrons. The quantitative estimate of drug-likeness (QED) is 0.776. The first-order chi connectivity index (χ1) is 6.18. The smallest absolute Gasteiger partial charge is 0.280 e. The maximum Gasteiger partial charge on any atom is 0.280 e. The topological polar surface area (TPSA) is 69.6 Å². The van der Waals surface area contributed by atoms with Crippen LogP contribution in [-0.4, -0.2) is 25.1 Å². The monoisotopic (exact) mass is 263 g/mol. The maximum absolute atomic E-state index is 5.50. The minimum atomic E-state index is 0.0584. The zero-order chi connectivity index (χ0) is 9.42. The van der Waals surface area contributed by atoms with Gasteiger partial charge in [0.25, 0.3) is 11.2 Å². The second-order valence-corrected chi connectivity index (χ2v) is 3.31. The Balaban J connectivity index is 2.57. The van der Waals surface area contributed by atoms with E-state index in [-0.39, 0.29) is 11.2 Å². The van der Waals surface area contributed by atoms with Gasteiger partial charge in [0.2, 0.25) is 0 Å². The van der Waals surface area contributed by atoms with Gasteiger partial charge in [-0.2, -0.15) is 4.98 Å². The molecule has 0 aliphatic carbocycles. The lowest BCUT2D eigenvalue weighted by molar-refractivity contribution is 0.426. The number of halogens is 2. The summed E-state index contributed by atoms with van der Waals surface area (Å²) in [7, 11) is 1.71. The fourth-order valence-corrected chi connectivity index (χ4v) is 1.47. The molecule has 2 aromatic heterocycles. The Morgan fingerprint density at radius 3 is 2.77 bits per heavy atom.